The largest absolute Gasteiger partial charge is 0.415 e. The quantitative estimate of drug-likeness (QED) is 0.219. The maximum absolute atomic E-state index is 13.9. The number of nitrogens with zero attached hydrogens (tertiary/aromatic N) is 1. The van der Waals surface area contributed by atoms with Crippen LogP contribution in [0.3, 0.4) is 0 Å². The summed E-state index contributed by atoms with van der Waals surface area (Å²) in [7, 11) is -6.02. The fourth-order valence-electron chi connectivity index (χ4n) is 4.07. The highest BCUT2D eigenvalue weighted by Gasteiger charge is 2.52. The molecule has 0 N–H and O–H groups in total. The first kappa shape index (κ1) is 28.3. The number of hydrogen-bond acceptors (Lipinski definition) is 4. The maximum Gasteiger partial charge on any atom is 0.244 e. The van der Waals surface area contributed by atoms with Gasteiger partial charge in [0.2, 0.25) is 10.0 Å². The monoisotopic (exact) mass is 525 g/mol. The molecule has 0 aromatic heterocycles. The molecule has 0 saturated heterocycles. The van der Waals surface area contributed by atoms with E-state index in [1.165, 1.54) is 4.31 Å². The van der Waals surface area contributed by atoms with Crippen LogP contribution in [0.15, 0.2) is 59.5 Å². The predicted octanol–water partition coefficient (Wildman–Crippen LogP) is 5.92. The fourth-order valence-corrected chi connectivity index (χ4v) is 6.65. The summed E-state index contributed by atoms with van der Waals surface area (Å²) in [4.78, 5) is 13.5. The molecule has 2 aromatic carbocycles. The van der Waals surface area contributed by atoms with Crippen LogP contribution in [0.25, 0.3) is 0 Å². The number of benzene rings is 2. The molecule has 7 heteroatoms. The number of rotatable bonds is 10. The minimum absolute atomic E-state index is 0.0236. The molecule has 1 saturated carbocycles. The molecule has 0 spiro atoms. The second-order valence-electron chi connectivity index (χ2n) is 11.2. The molecule has 0 amide bonds. The van der Waals surface area contributed by atoms with E-state index in [0.717, 1.165) is 5.56 Å². The molecule has 1 fully saturated rings. The topological polar surface area (TPSA) is 63.7 Å². The van der Waals surface area contributed by atoms with E-state index < -0.39 is 24.4 Å². The highest BCUT2D eigenvalue weighted by molar-refractivity contribution is 7.89. The molecule has 0 bridgehead atoms. The van der Waals surface area contributed by atoms with Crippen LogP contribution in [0.2, 0.25) is 18.1 Å². The summed E-state index contributed by atoms with van der Waals surface area (Å²) < 4.78 is 35.9. The molecule has 2 unspecified atom stereocenters. The molecule has 3 rings (SSSR count). The van der Waals surface area contributed by atoms with Crippen molar-refractivity contribution in [3.05, 3.63) is 65.7 Å². The second kappa shape index (κ2) is 11.0. The third-order valence-corrected chi connectivity index (χ3v) is 13.9. The van der Waals surface area contributed by atoms with Gasteiger partial charge in [-0.3, -0.25) is 4.79 Å². The van der Waals surface area contributed by atoms with Gasteiger partial charge in [-0.2, -0.15) is 4.31 Å². The summed E-state index contributed by atoms with van der Waals surface area (Å²) in [6.45, 7) is 14.7. The molecule has 1 aliphatic rings. The third-order valence-electron chi connectivity index (χ3n) is 7.56. The zero-order valence-electron chi connectivity index (χ0n) is 22.5. The third kappa shape index (κ3) is 6.35. The van der Waals surface area contributed by atoms with E-state index in [1.807, 2.05) is 37.3 Å². The van der Waals surface area contributed by atoms with Crippen molar-refractivity contribution in [1.29, 1.82) is 0 Å². The van der Waals surface area contributed by atoms with Crippen molar-refractivity contribution in [2.45, 2.75) is 70.1 Å². The Kier molecular flexibility index (Phi) is 8.67. The van der Waals surface area contributed by atoms with Gasteiger partial charge < -0.3 is 4.43 Å². The second-order valence-corrected chi connectivity index (χ2v) is 17.9. The van der Waals surface area contributed by atoms with Gasteiger partial charge in [0.1, 0.15) is 0 Å². The minimum Gasteiger partial charge on any atom is -0.415 e. The number of Topliss-reactive ketones (excluding diaryl/α,β-unsaturated/α-hetero) is 1. The van der Waals surface area contributed by atoms with E-state index in [-0.39, 0.29) is 40.7 Å². The van der Waals surface area contributed by atoms with Crippen molar-refractivity contribution < 1.29 is 17.6 Å². The van der Waals surface area contributed by atoms with Gasteiger partial charge in [-0.05, 0) is 56.5 Å². The van der Waals surface area contributed by atoms with Gasteiger partial charge in [-0.15, -0.1) is 5.92 Å². The highest BCUT2D eigenvalue weighted by atomic mass is 32.2. The lowest BCUT2D eigenvalue weighted by atomic mass is 10.0. The van der Waals surface area contributed by atoms with Gasteiger partial charge in [-0.1, -0.05) is 74.7 Å². The van der Waals surface area contributed by atoms with Crippen LogP contribution in [0.4, 0.5) is 0 Å². The number of carbonyl (C=O) groups excluding carboxylic acids is 1. The molecule has 3 atom stereocenters. The molecular weight excluding hydrogens is 486 g/mol. The van der Waals surface area contributed by atoms with Crippen LogP contribution in [-0.2, 0) is 14.4 Å². The van der Waals surface area contributed by atoms with Gasteiger partial charge in [0.05, 0.1) is 24.1 Å². The predicted molar refractivity (Wildman–Crippen MR) is 148 cm³/mol. The van der Waals surface area contributed by atoms with Crippen LogP contribution in [0.1, 0.15) is 50.0 Å². The number of sulfonamides is 1. The van der Waals surface area contributed by atoms with Crippen molar-refractivity contribution in [2.75, 3.05) is 13.2 Å². The molecule has 2 aromatic rings. The molecule has 5 nitrogen and oxygen atoms in total. The number of aryl methyl sites for hydroxylation is 1. The molecule has 0 heterocycles. The van der Waals surface area contributed by atoms with Gasteiger partial charge in [-0.25, -0.2) is 8.42 Å². The lowest BCUT2D eigenvalue weighted by Crippen LogP contribution is -2.49. The van der Waals surface area contributed by atoms with E-state index in [2.05, 4.69) is 45.7 Å². The molecule has 0 radical (unpaired) electrons. The Hall–Kier alpha value is -2.24. The summed E-state index contributed by atoms with van der Waals surface area (Å²) in [6, 6.07) is 15.6. The normalized spacial score (nSPS) is 18.9. The van der Waals surface area contributed by atoms with Crippen molar-refractivity contribution in [1.82, 2.24) is 4.31 Å². The van der Waals surface area contributed by atoms with Crippen LogP contribution >= 0.6 is 0 Å². The fraction of sp³-hybridized carbons (Fsp3) is 0.483. The number of carbonyl (C=O) groups is 1. The molecule has 36 heavy (non-hydrogen) atoms. The standard InChI is InChI=1S/C29H39NO4SSi/c1-8-9-19-30(35(32,33)24-17-15-22(2)16-18-24)27(21-34-36(6,7)29(3,4)5)25-20-26(25)28(31)23-13-11-10-12-14-23/h10-18,25-27H,19-21H2,1-7H3/t25?,26?,27-/m1/s1. The Labute approximate surface area is 218 Å². The Bertz CT molecular complexity index is 1220. The van der Waals surface area contributed by atoms with Crippen molar-refractivity contribution >= 4 is 24.1 Å². The van der Waals surface area contributed by atoms with E-state index in [9.17, 15) is 13.2 Å². The van der Waals surface area contributed by atoms with E-state index >= 15 is 0 Å². The zero-order chi connectivity index (χ0) is 26.7. The SMILES string of the molecule is CC#CCN([C@H](CO[Si](C)(C)C(C)(C)C)C1CC1C(=O)c1ccccc1)S(=O)(=O)c1ccc(C)cc1. The summed E-state index contributed by atoms with van der Waals surface area (Å²) in [5.41, 5.74) is 1.65. The van der Waals surface area contributed by atoms with Crippen molar-refractivity contribution in [3.63, 3.8) is 0 Å². The van der Waals surface area contributed by atoms with E-state index in [1.54, 1.807) is 31.2 Å². The van der Waals surface area contributed by atoms with Crippen LogP contribution in [0.5, 0.6) is 0 Å². The zero-order valence-corrected chi connectivity index (χ0v) is 24.4. The maximum atomic E-state index is 13.9. The number of hydrogen-bond donors (Lipinski definition) is 0. The smallest absolute Gasteiger partial charge is 0.244 e. The lowest BCUT2D eigenvalue weighted by molar-refractivity contribution is 0.0946. The molecular formula is C29H39NO4SSi. The molecule has 0 aliphatic heterocycles. The van der Waals surface area contributed by atoms with E-state index in [4.69, 9.17) is 4.43 Å². The summed E-state index contributed by atoms with van der Waals surface area (Å²) in [6.07, 6.45) is 0.638. The Morgan fingerprint density at radius 2 is 1.72 bits per heavy atom. The summed E-state index contributed by atoms with van der Waals surface area (Å²) >= 11 is 0. The van der Waals surface area contributed by atoms with Gasteiger partial charge >= 0.3 is 0 Å². The Morgan fingerprint density at radius 3 is 2.28 bits per heavy atom. The average molecular weight is 526 g/mol. The molecule has 1 aliphatic carbocycles. The first-order valence-electron chi connectivity index (χ1n) is 12.5. The van der Waals surface area contributed by atoms with Crippen LogP contribution in [-0.4, -0.2) is 46.0 Å². The van der Waals surface area contributed by atoms with Gasteiger partial charge in [0.25, 0.3) is 0 Å². The Morgan fingerprint density at radius 1 is 1.11 bits per heavy atom. The highest BCUT2D eigenvalue weighted by Crippen LogP contribution is 2.47. The van der Waals surface area contributed by atoms with E-state index in [0.29, 0.717) is 12.0 Å². The number of ketones is 1. The van der Waals surface area contributed by atoms with Crippen molar-refractivity contribution in [3.8, 4) is 11.8 Å². The minimum atomic E-state index is -3.86. The summed E-state index contributed by atoms with van der Waals surface area (Å²) in [5, 5.41) is -0.0236. The lowest BCUT2D eigenvalue weighted by Gasteiger charge is -2.39. The van der Waals surface area contributed by atoms with Crippen LogP contribution < -0.4 is 0 Å². The first-order valence-corrected chi connectivity index (χ1v) is 16.9. The van der Waals surface area contributed by atoms with Gasteiger partial charge in [0.15, 0.2) is 14.1 Å². The van der Waals surface area contributed by atoms with Gasteiger partial charge in [0, 0.05) is 11.5 Å². The Balaban J connectivity index is 1.99. The van der Waals surface area contributed by atoms with Crippen LogP contribution in [0, 0.1) is 30.6 Å². The molecule has 194 valence electrons. The van der Waals surface area contributed by atoms with Crippen molar-refractivity contribution in [2.24, 2.45) is 11.8 Å². The average Bonchev–Trinajstić information content (AvgIpc) is 3.61. The summed E-state index contributed by atoms with van der Waals surface area (Å²) in [5.74, 6) is 5.52. The first-order chi connectivity index (χ1) is 16.8.